The molecule has 1 N–H and O–H groups in total. The molecular weight excluding hydrogens is 275 g/mol. The van der Waals surface area contributed by atoms with E-state index in [2.05, 4.69) is 10.1 Å². The normalized spacial score (nSPS) is 18.7. The Morgan fingerprint density at radius 1 is 1.35 bits per heavy atom. The maximum absolute atomic E-state index is 12.9. The van der Waals surface area contributed by atoms with E-state index in [0.717, 1.165) is 13.2 Å². The molecule has 0 radical (unpaired) electrons. The number of esters is 1. The molecule has 1 aliphatic carbocycles. The van der Waals surface area contributed by atoms with Crippen LogP contribution in [-0.2, 0) is 21.1 Å². The number of fused-ring (bicyclic) bond motifs is 2. The molecule has 4 nitrogen and oxygen atoms in total. The van der Waals surface area contributed by atoms with Gasteiger partial charge in [0.1, 0.15) is 0 Å². The van der Waals surface area contributed by atoms with E-state index < -0.39 is 23.1 Å². The van der Waals surface area contributed by atoms with Gasteiger partial charge in [-0.15, -0.1) is 0 Å². The van der Waals surface area contributed by atoms with Gasteiger partial charge in [-0.3, -0.25) is 4.79 Å². The van der Waals surface area contributed by atoms with E-state index in [1.54, 1.807) is 0 Å². The second-order valence-electron chi connectivity index (χ2n) is 4.97. The number of nitrogens with one attached hydrogen (secondary N) is 1. The van der Waals surface area contributed by atoms with Crippen molar-refractivity contribution in [2.24, 2.45) is 0 Å². The number of amides is 1. The molecule has 0 aromatic heterocycles. The van der Waals surface area contributed by atoms with E-state index in [4.69, 9.17) is 0 Å². The molecule has 7 heteroatoms. The van der Waals surface area contributed by atoms with Crippen molar-refractivity contribution in [2.45, 2.75) is 24.4 Å². The van der Waals surface area contributed by atoms with Crippen molar-refractivity contribution in [1.82, 2.24) is 0 Å². The van der Waals surface area contributed by atoms with Gasteiger partial charge < -0.3 is 10.1 Å². The Morgan fingerprint density at radius 3 is 2.50 bits per heavy atom. The molecule has 1 aromatic carbocycles. The Balaban J connectivity index is 2.24. The summed E-state index contributed by atoms with van der Waals surface area (Å²) >= 11 is 0. The number of alkyl halides is 3. The van der Waals surface area contributed by atoms with Crippen LogP contribution in [0.15, 0.2) is 12.1 Å². The lowest BCUT2D eigenvalue weighted by molar-refractivity contribution is -0.137. The number of halogens is 3. The molecule has 1 aliphatic heterocycles. The second kappa shape index (κ2) is 3.74. The standard InChI is InChI=1S/C13H10F3NO3/c1-20-10(18)7-4-6(13(14,15)16)5-8-9(7)17-11(19)12(8)2-3-12/h4-5H,2-3H2,1H3,(H,17,19). The molecule has 20 heavy (non-hydrogen) atoms. The first-order chi connectivity index (χ1) is 9.29. The maximum atomic E-state index is 12.9. The lowest BCUT2D eigenvalue weighted by atomic mass is 9.93. The van der Waals surface area contributed by atoms with Gasteiger partial charge >= 0.3 is 12.1 Å². The van der Waals surface area contributed by atoms with Crippen LogP contribution in [-0.4, -0.2) is 19.0 Å². The van der Waals surface area contributed by atoms with Crippen molar-refractivity contribution in [3.8, 4) is 0 Å². The number of methoxy groups -OCH3 is 1. The maximum Gasteiger partial charge on any atom is 0.416 e. The summed E-state index contributed by atoms with van der Waals surface area (Å²) in [6.07, 6.45) is -3.60. The summed E-state index contributed by atoms with van der Waals surface area (Å²) in [5, 5.41) is 2.51. The van der Waals surface area contributed by atoms with Gasteiger partial charge in [-0.05, 0) is 30.5 Å². The molecule has 1 amide bonds. The van der Waals surface area contributed by atoms with Crippen LogP contribution >= 0.6 is 0 Å². The summed E-state index contributed by atoms with van der Waals surface area (Å²) in [6.45, 7) is 0. The van der Waals surface area contributed by atoms with Crippen LogP contribution in [0.3, 0.4) is 0 Å². The van der Waals surface area contributed by atoms with E-state index in [-0.39, 0.29) is 22.7 Å². The minimum Gasteiger partial charge on any atom is -0.465 e. The molecule has 1 heterocycles. The van der Waals surface area contributed by atoms with Crippen LogP contribution in [0, 0.1) is 0 Å². The molecule has 1 aromatic rings. The molecular formula is C13H10F3NO3. The van der Waals surface area contributed by atoms with Crippen LogP contribution in [0.2, 0.25) is 0 Å². The van der Waals surface area contributed by atoms with Crippen molar-refractivity contribution in [3.05, 3.63) is 28.8 Å². The highest BCUT2D eigenvalue weighted by atomic mass is 19.4. The van der Waals surface area contributed by atoms with Crippen molar-refractivity contribution in [3.63, 3.8) is 0 Å². The van der Waals surface area contributed by atoms with Gasteiger partial charge in [0.15, 0.2) is 0 Å². The van der Waals surface area contributed by atoms with Crippen LogP contribution in [0.4, 0.5) is 18.9 Å². The molecule has 3 rings (SSSR count). The molecule has 0 saturated heterocycles. The lowest BCUT2D eigenvalue weighted by Crippen LogP contribution is -2.18. The number of anilines is 1. The van der Waals surface area contributed by atoms with Gasteiger partial charge in [-0.2, -0.15) is 13.2 Å². The van der Waals surface area contributed by atoms with Crippen molar-refractivity contribution in [1.29, 1.82) is 0 Å². The summed E-state index contributed by atoms with van der Waals surface area (Å²) in [6, 6.07) is 1.67. The SMILES string of the molecule is COC(=O)c1cc(C(F)(F)F)cc2c1NC(=O)C21CC1. The van der Waals surface area contributed by atoms with Crippen molar-refractivity contribution in [2.75, 3.05) is 12.4 Å². The van der Waals surface area contributed by atoms with E-state index >= 15 is 0 Å². The highest BCUT2D eigenvalue weighted by molar-refractivity contribution is 6.13. The van der Waals surface area contributed by atoms with E-state index in [0.29, 0.717) is 18.9 Å². The van der Waals surface area contributed by atoms with E-state index in [1.807, 2.05) is 0 Å². The average Bonchev–Trinajstić information content (AvgIpc) is 3.12. The zero-order chi connectivity index (χ0) is 14.7. The number of ether oxygens (including phenoxy) is 1. The topological polar surface area (TPSA) is 55.4 Å². The lowest BCUT2D eigenvalue weighted by Gasteiger charge is -2.13. The molecule has 106 valence electrons. The van der Waals surface area contributed by atoms with Crippen molar-refractivity contribution < 1.29 is 27.5 Å². The van der Waals surface area contributed by atoms with Crippen LogP contribution in [0.1, 0.15) is 34.3 Å². The smallest absolute Gasteiger partial charge is 0.416 e. The largest absolute Gasteiger partial charge is 0.465 e. The van der Waals surface area contributed by atoms with Gasteiger partial charge in [0.2, 0.25) is 5.91 Å². The summed E-state index contributed by atoms with van der Waals surface area (Å²) < 4.78 is 43.2. The first-order valence-electron chi connectivity index (χ1n) is 5.95. The molecule has 0 bridgehead atoms. The van der Waals surface area contributed by atoms with Gasteiger partial charge in [0.25, 0.3) is 0 Å². The highest BCUT2D eigenvalue weighted by Crippen LogP contribution is 2.56. The molecule has 0 unspecified atom stereocenters. The number of carbonyl (C=O) groups excluding carboxylic acids is 2. The zero-order valence-corrected chi connectivity index (χ0v) is 10.4. The minimum atomic E-state index is -4.58. The molecule has 2 aliphatic rings. The van der Waals surface area contributed by atoms with E-state index in [9.17, 15) is 22.8 Å². The third kappa shape index (κ3) is 1.62. The van der Waals surface area contributed by atoms with Crippen molar-refractivity contribution >= 4 is 17.6 Å². The first kappa shape index (κ1) is 13.0. The molecule has 1 saturated carbocycles. The van der Waals surface area contributed by atoms with Crippen LogP contribution < -0.4 is 5.32 Å². The second-order valence-corrected chi connectivity index (χ2v) is 4.97. The predicted molar refractivity (Wildman–Crippen MR) is 62.3 cm³/mol. The Kier molecular flexibility index (Phi) is 2.42. The zero-order valence-electron chi connectivity index (χ0n) is 10.4. The minimum absolute atomic E-state index is 0.146. The number of carbonyl (C=O) groups is 2. The third-order valence-electron chi connectivity index (χ3n) is 3.81. The van der Waals surface area contributed by atoms with Crippen LogP contribution in [0.5, 0.6) is 0 Å². The third-order valence-corrected chi connectivity index (χ3v) is 3.81. The van der Waals surface area contributed by atoms with Gasteiger partial charge in [-0.1, -0.05) is 0 Å². The highest BCUT2D eigenvalue weighted by Gasteiger charge is 2.57. The molecule has 1 fully saturated rings. The van der Waals surface area contributed by atoms with Gasteiger partial charge in [0, 0.05) is 0 Å². The Morgan fingerprint density at radius 2 is 2.00 bits per heavy atom. The van der Waals surface area contributed by atoms with Crippen LogP contribution in [0.25, 0.3) is 0 Å². The Hall–Kier alpha value is -2.05. The first-order valence-corrected chi connectivity index (χ1v) is 5.95. The predicted octanol–water partition coefficient (Wildman–Crippen LogP) is 2.48. The summed E-state index contributed by atoms with van der Waals surface area (Å²) in [5.74, 6) is -1.25. The quantitative estimate of drug-likeness (QED) is 0.806. The van der Waals surface area contributed by atoms with Gasteiger partial charge in [0.05, 0.1) is 29.3 Å². The fourth-order valence-corrected chi connectivity index (χ4v) is 2.57. The summed E-state index contributed by atoms with van der Waals surface area (Å²) in [7, 11) is 1.08. The molecule has 1 spiro atoms. The summed E-state index contributed by atoms with van der Waals surface area (Å²) in [5.41, 5.74) is -1.70. The summed E-state index contributed by atoms with van der Waals surface area (Å²) in [4.78, 5) is 23.5. The fourth-order valence-electron chi connectivity index (χ4n) is 2.57. The number of hydrogen-bond acceptors (Lipinski definition) is 3. The number of hydrogen-bond donors (Lipinski definition) is 1. The monoisotopic (exact) mass is 285 g/mol. The van der Waals surface area contributed by atoms with Gasteiger partial charge in [-0.25, -0.2) is 4.79 Å². The number of benzene rings is 1. The Labute approximate surface area is 111 Å². The number of rotatable bonds is 1. The average molecular weight is 285 g/mol. The Bertz CT molecular complexity index is 632. The fraction of sp³-hybridized carbons (Fsp3) is 0.385. The van der Waals surface area contributed by atoms with E-state index in [1.165, 1.54) is 0 Å². The molecule has 0 atom stereocenters.